The molecule has 0 aromatic heterocycles. The number of amides is 1. The monoisotopic (exact) mass is 386 g/mol. The van der Waals surface area contributed by atoms with Crippen LogP contribution >= 0.6 is 11.6 Å². The van der Waals surface area contributed by atoms with E-state index in [1.165, 1.54) is 24.3 Å². The van der Waals surface area contributed by atoms with Crippen molar-refractivity contribution in [2.75, 3.05) is 19.7 Å². The SMILES string of the molecule is O=C(CNC(c1ccccc1)C(F)(F)F)NCCOc1ccc(Cl)cc1. The standard InChI is InChI=1S/C18H18ClF3N2O2/c19-14-6-8-15(9-7-14)26-11-10-23-16(25)12-24-17(18(20,21)22)13-4-2-1-3-5-13/h1-9,17,24H,10-12H2,(H,23,25). The van der Waals surface area contributed by atoms with E-state index in [2.05, 4.69) is 10.6 Å². The van der Waals surface area contributed by atoms with Crippen molar-refractivity contribution < 1.29 is 22.7 Å². The molecule has 0 saturated heterocycles. The molecule has 4 nitrogen and oxygen atoms in total. The molecule has 1 unspecified atom stereocenters. The highest BCUT2D eigenvalue weighted by molar-refractivity contribution is 6.30. The van der Waals surface area contributed by atoms with Crippen LogP contribution in [0.5, 0.6) is 5.75 Å². The minimum atomic E-state index is -4.50. The summed E-state index contributed by atoms with van der Waals surface area (Å²) in [6.45, 7) is -0.0973. The van der Waals surface area contributed by atoms with Crippen LogP contribution in [0, 0.1) is 0 Å². The van der Waals surface area contributed by atoms with Gasteiger partial charge >= 0.3 is 6.18 Å². The molecular formula is C18H18ClF3N2O2. The van der Waals surface area contributed by atoms with E-state index in [1.807, 2.05) is 0 Å². The fourth-order valence-corrected chi connectivity index (χ4v) is 2.34. The number of hydrogen-bond donors (Lipinski definition) is 2. The minimum absolute atomic E-state index is 0.0545. The topological polar surface area (TPSA) is 50.4 Å². The number of benzene rings is 2. The van der Waals surface area contributed by atoms with Crippen molar-refractivity contribution in [3.63, 3.8) is 0 Å². The van der Waals surface area contributed by atoms with Gasteiger partial charge in [0.15, 0.2) is 0 Å². The van der Waals surface area contributed by atoms with E-state index in [0.29, 0.717) is 10.8 Å². The van der Waals surface area contributed by atoms with Crippen molar-refractivity contribution >= 4 is 17.5 Å². The first-order chi connectivity index (χ1) is 12.4. The predicted octanol–water partition coefficient (Wildman–Crippen LogP) is 3.73. The molecule has 0 spiro atoms. The number of carbonyl (C=O) groups excluding carboxylic acids is 1. The molecule has 0 saturated carbocycles. The fourth-order valence-electron chi connectivity index (χ4n) is 2.22. The van der Waals surface area contributed by atoms with Crippen LogP contribution in [0.1, 0.15) is 11.6 Å². The Hall–Kier alpha value is -2.25. The molecule has 1 atom stereocenters. The van der Waals surface area contributed by atoms with E-state index < -0.39 is 24.7 Å². The van der Waals surface area contributed by atoms with Gasteiger partial charge in [-0.05, 0) is 29.8 Å². The van der Waals surface area contributed by atoms with Gasteiger partial charge in [0.25, 0.3) is 0 Å². The Morgan fingerprint density at radius 2 is 1.73 bits per heavy atom. The zero-order valence-corrected chi connectivity index (χ0v) is 14.5. The number of hydrogen-bond acceptors (Lipinski definition) is 3. The average Bonchev–Trinajstić information content (AvgIpc) is 2.60. The second-order valence-corrected chi connectivity index (χ2v) is 5.85. The normalized spacial score (nSPS) is 12.5. The predicted molar refractivity (Wildman–Crippen MR) is 93.2 cm³/mol. The van der Waals surface area contributed by atoms with Crippen molar-refractivity contribution in [3.8, 4) is 5.75 Å². The third kappa shape index (κ3) is 6.57. The van der Waals surface area contributed by atoms with Gasteiger partial charge in [-0.25, -0.2) is 0 Å². The van der Waals surface area contributed by atoms with Crippen molar-refractivity contribution in [2.24, 2.45) is 0 Å². The molecule has 0 aliphatic heterocycles. The lowest BCUT2D eigenvalue weighted by molar-refractivity contribution is -0.158. The van der Waals surface area contributed by atoms with Crippen molar-refractivity contribution in [2.45, 2.75) is 12.2 Å². The largest absolute Gasteiger partial charge is 0.492 e. The van der Waals surface area contributed by atoms with Crippen LogP contribution in [0.3, 0.4) is 0 Å². The molecule has 26 heavy (non-hydrogen) atoms. The van der Waals surface area contributed by atoms with Gasteiger partial charge in [0.1, 0.15) is 18.4 Å². The second-order valence-electron chi connectivity index (χ2n) is 5.42. The van der Waals surface area contributed by atoms with Crippen molar-refractivity contribution in [1.82, 2.24) is 10.6 Å². The second kappa shape index (κ2) is 9.45. The van der Waals surface area contributed by atoms with Gasteiger partial charge in [0.2, 0.25) is 5.91 Å². The Kier molecular flexibility index (Phi) is 7.29. The summed E-state index contributed by atoms with van der Waals surface area (Å²) in [5.74, 6) is 0.0397. The van der Waals surface area contributed by atoms with Gasteiger partial charge in [0.05, 0.1) is 13.1 Å². The third-order valence-electron chi connectivity index (χ3n) is 3.43. The van der Waals surface area contributed by atoms with Gasteiger partial charge in [0, 0.05) is 5.02 Å². The van der Waals surface area contributed by atoms with E-state index >= 15 is 0 Å². The quantitative estimate of drug-likeness (QED) is 0.680. The van der Waals surface area contributed by atoms with Gasteiger partial charge in [-0.3, -0.25) is 10.1 Å². The minimum Gasteiger partial charge on any atom is -0.492 e. The van der Waals surface area contributed by atoms with Gasteiger partial charge in [-0.2, -0.15) is 13.2 Å². The summed E-state index contributed by atoms with van der Waals surface area (Å²) in [4.78, 5) is 11.7. The Balaban J connectivity index is 1.75. The molecule has 140 valence electrons. The highest BCUT2D eigenvalue weighted by atomic mass is 35.5. The van der Waals surface area contributed by atoms with Gasteiger partial charge < -0.3 is 10.1 Å². The zero-order chi connectivity index (χ0) is 19.0. The fraction of sp³-hybridized carbons (Fsp3) is 0.278. The molecule has 2 N–H and O–H groups in total. The lowest BCUT2D eigenvalue weighted by atomic mass is 10.1. The summed E-state index contributed by atoms with van der Waals surface area (Å²) >= 11 is 5.75. The highest BCUT2D eigenvalue weighted by Crippen LogP contribution is 2.32. The van der Waals surface area contributed by atoms with E-state index in [9.17, 15) is 18.0 Å². The first-order valence-electron chi connectivity index (χ1n) is 7.86. The molecule has 8 heteroatoms. The smallest absolute Gasteiger partial charge is 0.407 e. The van der Waals surface area contributed by atoms with Crippen LogP contribution in [0.4, 0.5) is 13.2 Å². The number of halogens is 4. The number of nitrogens with one attached hydrogen (secondary N) is 2. The number of carbonyl (C=O) groups is 1. The molecule has 0 bridgehead atoms. The lowest BCUT2D eigenvalue weighted by Crippen LogP contribution is -2.41. The summed E-state index contributed by atoms with van der Waals surface area (Å²) in [6.07, 6.45) is -4.50. The molecule has 0 radical (unpaired) electrons. The van der Waals surface area contributed by atoms with Crippen LogP contribution in [-0.4, -0.2) is 31.8 Å². The maximum Gasteiger partial charge on any atom is 0.407 e. The van der Waals surface area contributed by atoms with Gasteiger partial charge in [-0.1, -0.05) is 41.9 Å². The first-order valence-corrected chi connectivity index (χ1v) is 8.24. The lowest BCUT2D eigenvalue weighted by Gasteiger charge is -2.21. The molecule has 2 aromatic rings. The molecular weight excluding hydrogens is 369 g/mol. The van der Waals surface area contributed by atoms with E-state index in [4.69, 9.17) is 16.3 Å². The highest BCUT2D eigenvalue weighted by Gasteiger charge is 2.40. The van der Waals surface area contributed by atoms with Crippen LogP contribution in [0.25, 0.3) is 0 Å². The Labute approximate surface area is 154 Å². The Bertz CT molecular complexity index is 694. The maximum atomic E-state index is 13.2. The van der Waals surface area contributed by atoms with Crippen LogP contribution in [-0.2, 0) is 4.79 Å². The molecule has 2 rings (SSSR count). The molecule has 1 amide bonds. The summed E-state index contributed by atoms with van der Waals surface area (Å²) < 4.78 is 44.9. The molecule has 0 heterocycles. The molecule has 2 aromatic carbocycles. The van der Waals surface area contributed by atoms with Crippen LogP contribution in [0.15, 0.2) is 54.6 Å². The summed E-state index contributed by atoms with van der Waals surface area (Å²) in [7, 11) is 0. The zero-order valence-electron chi connectivity index (χ0n) is 13.7. The van der Waals surface area contributed by atoms with E-state index in [0.717, 1.165) is 0 Å². The summed E-state index contributed by atoms with van der Waals surface area (Å²) in [6, 6.07) is 12.2. The number of alkyl halides is 3. The molecule has 0 fully saturated rings. The van der Waals surface area contributed by atoms with Crippen LogP contribution < -0.4 is 15.4 Å². The molecule has 0 aliphatic carbocycles. The number of ether oxygens (including phenoxy) is 1. The third-order valence-corrected chi connectivity index (χ3v) is 3.69. The van der Waals surface area contributed by atoms with Crippen LogP contribution in [0.2, 0.25) is 5.02 Å². The average molecular weight is 387 g/mol. The van der Waals surface area contributed by atoms with Crippen molar-refractivity contribution in [3.05, 3.63) is 65.2 Å². The van der Waals surface area contributed by atoms with E-state index in [1.54, 1.807) is 30.3 Å². The van der Waals surface area contributed by atoms with Crippen molar-refractivity contribution in [1.29, 1.82) is 0 Å². The maximum absolute atomic E-state index is 13.2. The summed E-state index contributed by atoms with van der Waals surface area (Å²) in [5.41, 5.74) is 0.0545. The summed E-state index contributed by atoms with van der Waals surface area (Å²) in [5, 5.41) is 5.33. The number of rotatable bonds is 8. The van der Waals surface area contributed by atoms with Gasteiger partial charge in [-0.15, -0.1) is 0 Å². The Morgan fingerprint density at radius 3 is 2.35 bits per heavy atom. The molecule has 0 aliphatic rings. The Morgan fingerprint density at radius 1 is 1.08 bits per heavy atom. The first kappa shape index (κ1) is 20.1. The van der Waals surface area contributed by atoms with E-state index in [-0.39, 0.29) is 18.7 Å².